The molecule has 0 radical (unpaired) electrons. The molecule has 106 valence electrons. The highest BCUT2D eigenvalue weighted by Crippen LogP contribution is 2.53. The average molecular weight is 251 g/mol. The van der Waals surface area contributed by atoms with E-state index < -0.39 is 0 Å². The fourth-order valence-electron chi connectivity index (χ4n) is 4.28. The van der Waals surface area contributed by atoms with Gasteiger partial charge in [-0.2, -0.15) is 0 Å². The Hall–Kier alpha value is -0.0400. The van der Waals surface area contributed by atoms with Crippen LogP contribution in [0.5, 0.6) is 0 Å². The third-order valence-corrected chi connectivity index (χ3v) is 6.31. The predicted molar refractivity (Wildman–Crippen MR) is 79.8 cm³/mol. The molecule has 1 spiro atoms. The summed E-state index contributed by atoms with van der Waals surface area (Å²) in [4.78, 5) is 2.71. The van der Waals surface area contributed by atoms with Crippen LogP contribution in [-0.2, 0) is 0 Å². The Morgan fingerprint density at radius 1 is 1.06 bits per heavy atom. The van der Waals surface area contributed by atoms with Gasteiger partial charge in [0.15, 0.2) is 0 Å². The monoisotopic (exact) mass is 251 g/mol. The Balaban J connectivity index is 1.90. The van der Waals surface area contributed by atoms with Crippen molar-refractivity contribution in [2.75, 3.05) is 19.6 Å². The highest BCUT2D eigenvalue weighted by atomic mass is 15.2. The molecule has 2 aliphatic rings. The van der Waals surface area contributed by atoms with Crippen molar-refractivity contribution in [1.82, 2.24) is 4.90 Å². The van der Waals surface area contributed by atoms with E-state index in [4.69, 9.17) is 0 Å². The van der Waals surface area contributed by atoms with E-state index in [1.54, 1.807) is 0 Å². The van der Waals surface area contributed by atoms with Crippen LogP contribution in [0.15, 0.2) is 0 Å². The van der Waals surface area contributed by atoms with Crippen molar-refractivity contribution in [2.24, 2.45) is 16.7 Å². The molecule has 0 bridgehead atoms. The van der Waals surface area contributed by atoms with Gasteiger partial charge in [-0.05, 0) is 68.4 Å². The molecular formula is C17H33N. The topological polar surface area (TPSA) is 3.24 Å². The minimum absolute atomic E-state index is 0.637. The lowest BCUT2D eigenvalue weighted by atomic mass is 9.59. The first-order valence-electron chi connectivity index (χ1n) is 8.26. The van der Waals surface area contributed by atoms with Gasteiger partial charge in [0.25, 0.3) is 0 Å². The largest absolute Gasteiger partial charge is 0.303 e. The van der Waals surface area contributed by atoms with E-state index in [0.29, 0.717) is 10.8 Å². The van der Waals surface area contributed by atoms with Crippen molar-refractivity contribution in [3.63, 3.8) is 0 Å². The summed E-state index contributed by atoms with van der Waals surface area (Å²) < 4.78 is 0. The van der Waals surface area contributed by atoms with E-state index in [2.05, 4.69) is 32.6 Å². The van der Waals surface area contributed by atoms with Crippen molar-refractivity contribution in [3.05, 3.63) is 0 Å². The summed E-state index contributed by atoms with van der Waals surface area (Å²) >= 11 is 0. The van der Waals surface area contributed by atoms with Crippen LogP contribution < -0.4 is 0 Å². The van der Waals surface area contributed by atoms with E-state index in [9.17, 15) is 0 Å². The fourth-order valence-corrected chi connectivity index (χ4v) is 4.28. The Morgan fingerprint density at radius 3 is 2.28 bits per heavy atom. The molecule has 0 amide bonds. The van der Waals surface area contributed by atoms with Gasteiger partial charge in [0.2, 0.25) is 0 Å². The highest BCUT2D eigenvalue weighted by molar-refractivity contribution is 4.97. The molecule has 1 atom stereocenters. The second-order valence-electron chi connectivity index (χ2n) is 7.49. The smallest absolute Gasteiger partial charge is 0.00385 e. The van der Waals surface area contributed by atoms with Crippen LogP contribution in [0.4, 0.5) is 0 Å². The average Bonchev–Trinajstić information content (AvgIpc) is 2.77. The number of hydrogen-bond donors (Lipinski definition) is 0. The first-order valence-corrected chi connectivity index (χ1v) is 8.26. The highest BCUT2D eigenvalue weighted by Gasteiger charge is 2.45. The lowest BCUT2D eigenvalue weighted by molar-refractivity contribution is 0.0509. The zero-order chi connectivity index (χ0) is 13.2. The third-order valence-electron chi connectivity index (χ3n) is 6.31. The van der Waals surface area contributed by atoms with Crippen LogP contribution in [0.2, 0.25) is 0 Å². The molecule has 2 fully saturated rings. The van der Waals surface area contributed by atoms with E-state index in [-0.39, 0.29) is 0 Å². The summed E-state index contributed by atoms with van der Waals surface area (Å²) in [6, 6.07) is 0. The quantitative estimate of drug-likeness (QED) is 0.699. The molecule has 0 aromatic heterocycles. The maximum absolute atomic E-state index is 2.71. The second-order valence-corrected chi connectivity index (χ2v) is 7.49. The van der Waals surface area contributed by atoms with Crippen molar-refractivity contribution in [2.45, 2.75) is 72.6 Å². The first-order chi connectivity index (χ1) is 8.53. The van der Waals surface area contributed by atoms with Crippen LogP contribution >= 0.6 is 0 Å². The minimum Gasteiger partial charge on any atom is -0.303 e. The van der Waals surface area contributed by atoms with Crippen molar-refractivity contribution < 1.29 is 0 Å². The normalized spacial score (nSPS) is 39.3. The molecular weight excluding hydrogens is 218 g/mol. The number of hydrogen-bond acceptors (Lipinski definition) is 1. The molecule has 1 unspecified atom stereocenters. The van der Waals surface area contributed by atoms with Gasteiger partial charge in [-0.1, -0.05) is 34.1 Å². The minimum atomic E-state index is 0.637. The summed E-state index contributed by atoms with van der Waals surface area (Å²) in [5.41, 5.74) is 1.35. The van der Waals surface area contributed by atoms with Gasteiger partial charge < -0.3 is 4.90 Å². The molecule has 2 rings (SSSR count). The molecule has 1 saturated heterocycles. The van der Waals surface area contributed by atoms with Crippen LogP contribution in [0, 0.1) is 16.7 Å². The third kappa shape index (κ3) is 2.76. The fraction of sp³-hybridized carbons (Fsp3) is 1.00. The Bertz CT molecular complexity index is 263. The summed E-state index contributed by atoms with van der Waals surface area (Å²) in [6.45, 7) is 13.8. The predicted octanol–water partition coefficient (Wildman–Crippen LogP) is 4.71. The van der Waals surface area contributed by atoms with Crippen LogP contribution in [0.3, 0.4) is 0 Å². The molecule has 0 N–H and O–H groups in total. The molecule has 1 saturated carbocycles. The van der Waals surface area contributed by atoms with Crippen LogP contribution in [0.1, 0.15) is 72.6 Å². The first kappa shape index (κ1) is 14.4. The summed E-state index contributed by atoms with van der Waals surface area (Å²) in [5.74, 6) is 0.906. The molecule has 1 heterocycles. The van der Waals surface area contributed by atoms with Gasteiger partial charge in [0.1, 0.15) is 0 Å². The van der Waals surface area contributed by atoms with E-state index in [1.165, 1.54) is 64.6 Å². The van der Waals surface area contributed by atoms with Gasteiger partial charge in [-0.3, -0.25) is 0 Å². The van der Waals surface area contributed by atoms with Gasteiger partial charge in [0.05, 0.1) is 0 Å². The van der Waals surface area contributed by atoms with Crippen molar-refractivity contribution >= 4 is 0 Å². The summed E-state index contributed by atoms with van der Waals surface area (Å²) in [5, 5.41) is 0. The van der Waals surface area contributed by atoms with E-state index in [1.807, 2.05) is 0 Å². The van der Waals surface area contributed by atoms with Crippen LogP contribution in [-0.4, -0.2) is 24.5 Å². The van der Waals surface area contributed by atoms with Crippen molar-refractivity contribution in [1.29, 1.82) is 0 Å². The summed E-state index contributed by atoms with van der Waals surface area (Å²) in [6.07, 6.45) is 10.1. The standard InChI is InChI=1S/C17H33N/c1-5-12-18-13-11-17(14-18)9-7-16(4,8-10-17)15(3)6-2/h15H,5-14H2,1-4H3. The molecule has 0 aromatic rings. The van der Waals surface area contributed by atoms with Crippen LogP contribution in [0.25, 0.3) is 0 Å². The Morgan fingerprint density at radius 2 is 1.72 bits per heavy atom. The molecule has 1 aliphatic heterocycles. The van der Waals surface area contributed by atoms with Gasteiger partial charge in [-0.25, -0.2) is 0 Å². The van der Waals surface area contributed by atoms with Gasteiger partial charge in [-0.15, -0.1) is 0 Å². The van der Waals surface area contributed by atoms with E-state index >= 15 is 0 Å². The van der Waals surface area contributed by atoms with Crippen molar-refractivity contribution in [3.8, 4) is 0 Å². The lowest BCUT2D eigenvalue weighted by Gasteiger charge is -2.46. The zero-order valence-corrected chi connectivity index (χ0v) is 13.1. The molecule has 1 nitrogen and oxygen atoms in total. The molecule has 0 aromatic carbocycles. The van der Waals surface area contributed by atoms with Gasteiger partial charge >= 0.3 is 0 Å². The number of nitrogens with zero attached hydrogens (tertiary/aromatic N) is 1. The SMILES string of the molecule is CCCN1CCC2(CCC(C)(C(C)CC)CC2)C1. The van der Waals surface area contributed by atoms with Gasteiger partial charge in [0, 0.05) is 6.54 Å². The Labute approximate surface area is 114 Å². The maximum atomic E-state index is 2.71. The zero-order valence-electron chi connectivity index (χ0n) is 13.1. The Kier molecular flexibility index (Phi) is 4.41. The molecule has 1 heteroatoms. The summed E-state index contributed by atoms with van der Waals surface area (Å²) in [7, 11) is 0. The van der Waals surface area contributed by atoms with E-state index in [0.717, 1.165) is 5.92 Å². The number of likely N-dealkylation sites (tertiary alicyclic amines) is 1. The maximum Gasteiger partial charge on any atom is 0.00385 e. The lowest BCUT2D eigenvalue weighted by Crippen LogP contribution is -2.38. The molecule has 18 heavy (non-hydrogen) atoms. The molecule has 1 aliphatic carbocycles. The number of rotatable bonds is 4. The second kappa shape index (κ2) is 5.53.